The first-order chi connectivity index (χ1) is 7.75. The Labute approximate surface area is 102 Å². The summed E-state index contributed by atoms with van der Waals surface area (Å²) in [6, 6.07) is 5.39. The summed E-state index contributed by atoms with van der Waals surface area (Å²) in [6.45, 7) is 0.497. The van der Waals surface area contributed by atoms with Crippen LogP contribution in [-0.2, 0) is 6.54 Å². The molecular formula is C11H9ClN2OS. The Morgan fingerprint density at radius 1 is 1.44 bits per heavy atom. The molecule has 82 valence electrons. The van der Waals surface area contributed by atoms with Crippen molar-refractivity contribution in [2.75, 3.05) is 0 Å². The molecule has 0 saturated carbocycles. The number of nitrogens with zero attached hydrogens (tertiary/aromatic N) is 1. The number of hydrogen-bond acceptors (Lipinski definition) is 3. The van der Waals surface area contributed by atoms with E-state index in [1.165, 1.54) is 11.3 Å². The van der Waals surface area contributed by atoms with Crippen molar-refractivity contribution in [3.05, 3.63) is 51.4 Å². The van der Waals surface area contributed by atoms with Crippen molar-refractivity contribution in [1.82, 2.24) is 10.3 Å². The van der Waals surface area contributed by atoms with Crippen LogP contribution in [0.25, 0.3) is 0 Å². The number of aromatic nitrogens is 1. The molecule has 16 heavy (non-hydrogen) atoms. The van der Waals surface area contributed by atoms with Gasteiger partial charge < -0.3 is 5.32 Å². The number of carbonyl (C=O) groups excluding carboxylic acids is 1. The van der Waals surface area contributed by atoms with Crippen molar-refractivity contribution < 1.29 is 4.79 Å². The number of halogens is 1. The van der Waals surface area contributed by atoms with Crippen LogP contribution in [-0.4, -0.2) is 10.9 Å². The molecule has 1 amide bonds. The largest absolute Gasteiger partial charge is 0.347 e. The van der Waals surface area contributed by atoms with Gasteiger partial charge in [0.25, 0.3) is 5.91 Å². The molecule has 3 nitrogen and oxygen atoms in total. The third-order valence-corrected chi connectivity index (χ3v) is 3.27. The summed E-state index contributed by atoms with van der Waals surface area (Å²) >= 11 is 7.08. The molecule has 0 bridgehead atoms. The third-order valence-electron chi connectivity index (χ3n) is 1.99. The Hall–Kier alpha value is -1.39. The van der Waals surface area contributed by atoms with Gasteiger partial charge in [0.05, 0.1) is 9.90 Å². The lowest BCUT2D eigenvalue weighted by atomic mass is 10.3. The molecule has 2 rings (SSSR count). The van der Waals surface area contributed by atoms with Crippen LogP contribution in [0, 0.1) is 0 Å². The number of thiophene rings is 1. The minimum Gasteiger partial charge on any atom is -0.347 e. The molecular weight excluding hydrogens is 244 g/mol. The number of nitrogens with one attached hydrogen (secondary N) is 1. The van der Waals surface area contributed by atoms with E-state index in [0.717, 1.165) is 5.56 Å². The maximum atomic E-state index is 11.7. The topological polar surface area (TPSA) is 42.0 Å². The molecule has 0 radical (unpaired) electrons. The second-order valence-corrected chi connectivity index (χ2v) is 4.51. The fraction of sp³-hybridized carbons (Fsp3) is 0.0909. The second-order valence-electron chi connectivity index (χ2n) is 3.17. The van der Waals surface area contributed by atoms with E-state index in [0.29, 0.717) is 16.4 Å². The first-order valence-corrected chi connectivity index (χ1v) is 5.92. The zero-order valence-electron chi connectivity index (χ0n) is 8.31. The van der Waals surface area contributed by atoms with Crippen LogP contribution in [0.4, 0.5) is 0 Å². The maximum absolute atomic E-state index is 11.7. The Balaban J connectivity index is 1.94. The van der Waals surface area contributed by atoms with Crippen molar-refractivity contribution in [3.8, 4) is 0 Å². The van der Waals surface area contributed by atoms with Crippen molar-refractivity contribution in [2.45, 2.75) is 6.54 Å². The van der Waals surface area contributed by atoms with Gasteiger partial charge in [-0.15, -0.1) is 11.3 Å². The molecule has 0 aromatic carbocycles. The van der Waals surface area contributed by atoms with Gasteiger partial charge in [-0.05, 0) is 23.8 Å². The molecule has 2 aromatic heterocycles. The van der Waals surface area contributed by atoms with Gasteiger partial charge in [0.2, 0.25) is 0 Å². The fourth-order valence-corrected chi connectivity index (χ4v) is 2.19. The monoisotopic (exact) mass is 252 g/mol. The number of carbonyl (C=O) groups is 1. The molecule has 0 spiro atoms. The van der Waals surface area contributed by atoms with E-state index in [9.17, 15) is 4.79 Å². The van der Waals surface area contributed by atoms with Crippen LogP contribution >= 0.6 is 22.9 Å². The van der Waals surface area contributed by atoms with Crippen LogP contribution in [0.5, 0.6) is 0 Å². The van der Waals surface area contributed by atoms with Gasteiger partial charge in [0, 0.05) is 24.3 Å². The highest BCUT2D eigenvalue weighted by molar-refractivity contribution is 7.12. The van der Waals surface area contributed by atoms with Gasteiger partial charge in [-0.2, -0.15) is 0 Å². The van der Waals surface area contributed by atoms with Crippen molar-refractivity contribution in [2.24, 2.45) is 0 Å². The standard InChI is InChI=1S/C11H9ClN2OS/c12-9-5-10(16-7-9)11(15)14-6-8-1-3-13-4-2-8/h1-5,7H,6H2,(H,14,15). The van der Waals surface area contributed by atoms with Gasteiger partial charge in [-0.3, -0.25) is 9.78 Å². The third kappa shape index (κ3) is 2.81. The zero-order chi connectivity index (χ0) is 11.4. The van der Waals surface area contributed by atoms with Crippen LogP contribution in [0.2, 0.25) is 5.02 Å². The van der Waals surface area contributed by atoms with E-state index < -0.39 is 0 Å². The minimum atomic E-state index is -0.103. The van der Waals surface area contributed by atoms with Crippen molar-refractivity contribution in [3.63, 3.8) is 0 Å². The molecule has 0 aliphatic rings. The summed E-state index contributed by atoms with van der Waals surface area (Å²) in [6.07, 6.45) is 3.40. The smallest absolute Gasteiger partial charge is 0.261 e. The second kappa shape index (κ2) is 5.09. The molecule has 0 fully saturated rings. The average Bonchev–Trinajstić information content (AvgIpc) is 2.74. The zero-order valence-corrected chi connectivity index (χ0v) is 9.89. The predicted octanol–water partition coefficient (Wildman–Crippen LogP) is 2.73. The lowest BCUT2D eigenvalue weighted by Gasteiger charge is -2.02. The van der Waals surface area contributed by atoms with Crippen molar-refractivity contribution in [1.29, 1.82) is 0 Å². The molecule has 1 N–H and O–H groups in total. The molecule has 0 aliphatic carbocycles. The van der Waals surface area contributed by atoms with Crippen LogP contribution in [0.3, 0.4) is 0 Å². The number of rotatable bonds is 3. The quantitative estimate of drug-likeness (QED) is 0.913. The van der Waals surface area contributed by atoms with E-state index in [-0.39, 0.29) is 5.91 Å². The van der Waals surface area contributed by atoms with E-state index in [4.69, 9.17) is 11.6 Å². The lowest BCUT2D eigenvalue weighted by Crippen LogP contribution is -2.21. The van der Waals surface area contributed by atoms with E-state index in [2.05, 4.69) is 10.3 Å². The summed E-state index contributed by atoms with van der Waals surface area (Å²) in [5, 5.41) is 5.15. The van der Waals surface area contributed by atoms with Gasteiger partial charge >= 0.3 is 0 Å². The maximum Gasteiger partial charge on any atom is 0.261 e. The normalized spacial score (nSPS) is 10.1. The van der Waals surface area contributed by atoms with Crippen molar-refractivity contribution >= 4 is 28.8 Å². The number of pyridine rings is 1. The highest BCUT2D eigenvalue weighted by Crippen LogP contribution is 2.18. The summed E-state index contributed by atoms with van der Waals surface area (Å²) in [5.74, 6) is -0.103. The predicted molar refractivity (Wildman–Crippen MR) is 64.7 cm³/mol. The SMILES string of the molecule is O=C(NCc1ccncc1)c1cc(Cl)cs1. The molecule has 0 aliphatic heterocycles. The highest BCUT2D eigenvalue weighted by Gasteiger charge is 2.07. The van der Waals surface area contributed by atoms with E-state index in [1.54, 1.807) is 23.8 Å². The minimum absolute atomic E-state index is 0.103. The molecule has 0 unspecified atom stereocenters. The molecule has 0 saturated heterocycles. The Morgan fingerprint density at radius 3 is 2.81 bits per heavy atom. The Morgan fingerprint density at radius 2 is 2.19 bits per heavy atom. The van der Waals surface area contributed by atoms with Gasteiger partial charge in [0.15, 0.2) is 0 Å². The molecule has 2 aromatic rings. The number of hydrogen-bond donors (Lipinski definition) is 1. The summed E-state index contributed by atoms with van der Waals surface area (Å²) in [4.78, 5) is 16.2. The average molecular weight is 253 g/mol. The van der Waals surface area contributed by atoms with E-state index >= 15 is 0 Å². The van der Waals surface area contributed by atoms with Gasteiger partial charge in [-0.1, -0.05) is 11.6 Å². The Bertz CT molecular complexity index is 484. The molecule has 0 atom stereocenters. The van der Waals surface area contributed by atoms with Crippen LogP contribution in [0.15, 0.2) is 36.0 Å². The number of amides is 1. The summed E-state index contributed by atoms with van der Waals surface area (Å²) in [5.41, 5.74) is 1.02. The first kappa shape index (κ1) is 11.1. The van der Waals surface area contributed by atoms with Crippen LogP contribution in [0.1, 0.15) is 15.2 Å². The molecule has 5 heteroatoms. The fourth-order valence-electron chi connectivity index (χ4n) is 1.20. The van der Waals surface area contributed by atoms with Gasteiger partial charge in [0.1, 0.15) is 0 Å². The Kier molecular flexibility index (Phi) is 3.54. The molecule has 2 heterocycles. The van der Waals surface area contributed by atoms with Gasteiger partial charge in [-0.25, -0.2) is 0 Å². The summed E-state index contributed by atoms with van der Waals surface area (Å²) in [7, 11) is 0. The highest BCUT2D eigenvalue weighted by atomic mass is 35.5. The van der Waals surface area contributed by atoms with E-state index in [1.807, 2.05) is 12.1 Å². The first-order valence-electron chi connectivity index (χ1n) is 4.67. The lowest BCUT2D eigenvalue weighted by molar-refractivity contribution is 0.0955. The summed E-state index contributed by atoms with van der Waals surface area (Å²) < 4.78 is 0. The van der Waals surface area contributed by atoms with Crippen LogP contribution < -0.4 is 5.32 Å².